The van der Waals surface area contributed by atoms with Gasteiger partial charge in [0.15, 0.2) is 11.3 Å². The second-order valence-corrected chi connectivity index (χ2v) is 9.02. The normalized spacial score (nSPS) is 26.8. The highest BCUT2D eigenvalue weighted by molar-refractivity contribution is 5.88. The highest BCUT2D eigenvalue weighted by Gasteiger charge is 2.63. The largest absolute Gasteiger partial charge is 0.478 e. The van der Waals surface area contributed by atoms with Gasteiger partial charge in [0.25, 0.3) is 5.91 Å². The van der Waals surface area contributed by atoms with E-state index in [9.17, 15) is 9.59 Å². The molecule has 3 aliphatic rings. The fourth-order valence-electron chi connectivity index (χ4n) is 4.91. The molecule has 0 saturated carbocycles. The molecule has 3 heterocycles. The molecule has 2 amide bonds. The number of benzene rings is 1. The zero-order valence-corrected chi connectivity index (χ0v) is 17.4. The molecule has 1 aromatic carbocycles. The molecular weight excluding hydrogens is 356 g/mol. The van der Waals surface area contributed by atoms with Gasteiger partial charge < -0.3 is 19.3 Å². The Morgan fingerprint density at radius 3 is 2.79 bits per heavy atom. The van der Waals surface area contributed by atoms with Crippen LogP contribution in [-0.2, 0) is 14.3 Å². The summed E-state index contributed by atoms with van der Waals surface area (Å²) < 4.78 is 12.3. The predicted octanol–water partition coefficient (Wildman–Crippen LogP) is 2.84. The standard InChI is InChI=1S/C22H30N2O4/c1-14(2)16-7-6-15(3)12-17(16)28-21(4,5)20(26)23-9-8-22-18(23)13-19(25)24(22)10-11-27-22/h6-7,12,14,18H,8-11,13H2,1-5H3/t18-,22+/m1/s1. The maximum absolute atomic E-state index is 13.5. The van der Waals surface area contributed by atoms with Gasteiger partial charge in [-0.3, -0.25) is 9.59 Å². The molecule has 1 spiro atoms. The number of hydrogen-bond donors (Lipinski definition) is 0. The summed E-state index contributed by atoms with van der Waals surface area (Å²) in [6.07, 6.45) is 1.01. The van der Waals surface area contributed by atoms with E-state index in [1.807, 2.05) is 36.6 Å². The quantitative estimate of drug-likeness (QED) is 0.798. The first-order chi connectivity index (χ1) is 13.2. The van der Waals surface area contributed by atoms with E-state index in [1.165, 1.54) is 0 Å². The van der Waals surface area contributed by atoms with Crippen LogP contribution in [0, 0.1) is 6.92 Å². The van der Waals surface area contributed by atoms with Crippen molar-refractivity contribution < 1.29 is 19.1 Å². The second-order valence-electron chi connectivity index (χ2n) is 9.02. The van der Waals surface area contributed by atoms with Crippen molar-refractivity contribution in [3.8, 4) is 5.75 Å². The lowest BCUT2D eigenvalue weighted by Gasteiger charge is -2.35. The number of likely N-dealkylation sites (tertiary alicyclic amines) is 1. The predicted molar refractivity (Wildman–Crippen MR) is 105 cm³/mol. The van der Waals surface area contributed by atoms with Crippen LogP contribution in [0.25, 0.3) is 0 Å². The van der Waals surface area contributed by atoms with E-state index in [4.69, 9.17) is 9.47 Å². The fraction of sp³-hybridized carbons (Fsp3) is 0.636. The Balaban J connectivity index is 1.58. The third-order valence-corrected chi connectivity index (χ3v) is 6.33. The first-order valence-electron chi connectivity index (χ1n) is 10.2. The van der Waals surface area contributed by atoms with Crippen LogP contribution in [0.15, 0.2) is 18.2 Å². The lowest BCUT2D eigenvalue weighted by atomic mass is 9.99. The summed E-state index contributed by atoms with van der Waals surface area (Å²) in [5, 5.41) is 0. The molecule has 6 nitrogen and oxygen atoms in total. The summed E-state index contributed by atoms with van der Waals surface area (Å²) in [5.41, 5.74) is 0.540. The van der Waals surface area contributed by atoms with E-state index < -0.39 is 11.3 Å². The third kappa shape index (κ3) is 2.81. The molecular formula is C22H30N2O4. The first kappa shape index (κ1) is 19.2. The molecule has 3 saturated heterocycles. The smallest absolute Gasteiger partial charge is 0.266 e. The van der Waals surface area contributed by atoms with E-state index in [2.05, 4.69) is 26.0 Å². The van der Waals surface area contributed by atoms with Crippen molar-refractivity contribution in [2.45, 2.75) is 70.7 Å². The number of ether oxygens (including phenoxy) is 2. The summed E-state index contributed by atoms with van der Waals surface area (Å²) >= 11 is 0. The van der Waals surface area contributed by atoms with Gasteiger partial charge in [0.2, 0.25) is 5.91 Å². The number of carbonyl (C=O) groups is 2. The summed E-state index contributed by atoms with van der Waals surface area (Å²) in [5.74, 6) is 1.04. The lowest BCUT2D eigenvalue weighted by molar-refractivity contribution is -0.150. The summed E-state index contributed by atoms with van der Waals surface area (Å²) in [4.78, 5) is 29.5. The molecule has 1 aromatic rings. The van der Waals surface area contributed by atoms with Gasteiger partial charge in [0.1, 0.15) is 5.75 Å². The van der Waals surface area contributed by atoms with Crippen LogP contribution >= 0.6 is 0 Å². The van der Waals surface area contributed by atoms with Crippen molar-refractivity contribution in [2.24, 2.45) is 0 Å². The molecule has 3 aliphatic heterocycles. The second kappa shape index (κ2) is 6.48. The molecule has 3 fully saturated rings. The van der Waals surface area contributed by atoms with Crippen molar-refractivity contribution >= 4 is 11.8 Å². The third-order valence-electron chi connectivity index (χ3n) is 6.33. The zero-order chi connectivity index (χ0) is 20.3. The monoisotopic (exact) mass is 386 g/mol. The average molecular weight is 386 g/mol. The van der Waals surface area contributed by atoms with Crippen molar-refractivity contribution in [3.63, 3.8) is 0 Å². The SMILES string of the molecule is Cc1ccc(C(C)C)c(OC(C)(C)C(=O)N2CC[C@@]34OCCN3C(=O)C[C@@H]24)c1. The van der Waals surface area contributed by atoms with Crippen LogP contribution in [0.5, 0.6) is 5.75 Å². The molecule has 0 aromatic heterocycles. The molecule has 0 radical (unpaired) electrons. The number of hydrogen-bond acceptors (Lipinski definition) is 4. The van der Waals surface area contributed by atoms with Gasteiger partial charge in [0, 0.05) is 19.5 Å². The molecule has 2 atom stereocenters. The average Bonchev–Trinajstić information content (AvgIpc) is 3.25. The summed E-state index contributed by atoms with van der Waals surface area (Å²) in [6, 6.07) is 5.91. The Bertz CT molecular complexity index is 819. The molecule has 0 unspecified atom stereocenters. The minimum absolute atomic E-state index is 0.0829. The van der Waals surface area contributed by atoms with Gasteiger partial charge in [-0.2, -0.15) is 0 Å². The fourth-order valence-corrected chi connectivity index (χ4v) is 4.91. The Labute approximate surface area is 166 Å². The maximum Gasteiger partial charge on any atom is 0.266 e. The minimum atomic E-state index is -1.03. The number of nitrogens with zero attached hydrogens (tertiary/aromatic N) is 2. The van der Waals surface area contributed by atoms with Gasteiger partial charge in [-0.05, 0) is 43.9 Å². The number of aryl methyl sites for hydroxylation is 1. The molecule has 4 rings (SSSR count). The summed E-state index contributed by atoms with van der Waals surface area (Å²) in [6.45, 7) is 11.6. The minimum Gasteiger partial charge on any atom is -0.478 e. The van der Waals surface area contributed by atoms with Gasteiger partial charge in [-0.15, -0.1) is 0 Å². The van der Waals surface area contributed by atoms with Crippen LogP contribution in [0.4, 0.5) is 0 Å². The van der Waals surface area contributed by atoms with Crippen LogP contribution < -0.4 is 4.74 Å². The van der Waals surface area contributed by atoms with E-state index in [1.54, 1.807) is 0 Å². The maximum atomic E-state index is 13.5. The topological polar surface area (TPSA) is 59.1 Å². The van der Waals surface area contributed by atoms with Crippen molar-refractivity contribution in [1.82, 2.24) is 9.80 Å². The first-order valence-corrected chi connectivity index (χ1v) is 10.2. The van der Waals surface area contributed by atoms with Crippen LogP contribution in [0.1, 0.15) is 57.6 Å². The van der Waals surface area contributed by atoms with E-state index >= 15 is 0 Å². The van der Waals surface area contributed by atoms with Crippen LogP contribution in [-0.4, -0.2) is 58.7 Å². The number of carbonyl (C=O) groups excluding carboxylic acids is 2. The van der Waals surface area contributed by atoms with Gasteiger partial charge in [-0.1, -0.05) is 26.0 Å². The highest BCUT2D eigenvalue weighted by Crippen LogP contribution is 2.46. The van der Waals surface area contributed by atoms with Crippen molar-refractivity contribution in [3.05, 3.63) is 29.3 Å². The molecule has 0 bridgehead atoms. The van der Waals surface area contributed by atoms with E-state index in [0.717, 1.165) is 16.9 Å². The van der Waals surface area contributed by atoms with Crippen LogP contribution in [0.2, 0.25) is 0 Å². The van der Waals surface area contributed by atoms with Gasteiger partial charge >= 0.3 is 0 Å². The Morgan fingerprint density at radius 1 is 1.32 bits per heavy atom. The Hall–Kier alpha value is -2.08. The molecule has 0 aliphatic carbocycles. The highest BCUT2D eigenvalue weighted by atomic mass is 16.5. The Morgan fingerprint density at radius 2 is 2.07 bits per heavy atom. The van der Waals surface area contributed by atoms with E-state index in [-0.39, 0.29) is 17.9 Å². The van der Waals surface area contributed by atoms with E-state index in [0.29, 0.717) is 38.5 Å². The van der Waals surface area contributed by atoms with Crippen molar-refractivity contribution in [1.29, 1.82) is 0 Å². The lowest BCUT2D eigenvalue weighted by Crippen LogP contribution is -2.54. The van der Waals surface area contributed by atoms with Gasteiger partial charge in [0.05, 0.1) is 19.1 Å². The van der Waals surface area contributed by atoms with Gasteiger partial charge in [-0.25, -0.2) is 0 Å². The molecule has 0 N–H and O–H groups in total. The van der Waals surface area contributed by atoms with Crippen LogP contribution in [0.3, 0.4) is 0 Å². The molecule has 28 heavy (non-hydrogen) atoms. The number of amides is 2. The molecule has 152 valence electrons. The number of rotatable bonds is 4. The molecule has 6 heteroatoms. The van der Waals surface area contributed by atoms with Crippen molar-refractivity contribution in [2.75, 3.05) is 19.7 Å². The Kier molecular flexibility index (Phi) is 4.45. The summed E-state index contributed by atoms with van der Waals surface area (Å²) in [7, 11) is 0. The zero-order valence-electron chi connectivity index (χ0n) is 17.4.